The summed E-state index contributed by atoms with van der Waals surface area (Å²) in [4.78, 5) is 14.3. The van der Waals surface area contributed by atoms with Gasteiger partial charge in [0.25, 0.3) is 5.91 Å². The van der Waals surface area contributed by atoms with Gasteiger partial charge in [0, 0.05) is 18.7 Å². The molecule has 0 aromatic heterocycles. The summed E-state index contributed by atoms with van der Waals surface area (Å²) in [6.45, 7) is 4.93. The molecule has 0 aliphatic carbocycles. The fourth-order valence-electron chi connectivity index (χ4n) is 2.30. The third-order valence-corrected chi connectivity index (χ3v) is 3.23. The Hall–Kier alpha value is -1.90. The molecule has 21 heavy (non-hydrogen) atoms. The van der Waals surface area contributed by atoms with Crippen molar-refractivity contribution in [1.29, 1.82) is 0 Å². The van der Waals surface area contributed by atoms with Crippen molar-refractivity contribution in [3.63, 3.8) is 0 Å². The number of nitrogens with zero attached hydrogens (tertiary/aromatic N) is 1. The van der Waals surface area contributed by atoms with E-state index in [0.29, 0.717) is 30.8 Å². The summed E-state index contributed by atoms with van der Waals surface area (Å²) in [7, 11) is 0. The normalized spacial score (nSPS) is 17.0. The Morgan fingerprint density at radius 2 is 2.29 bits per heavy atom. The number of ether oxygens (including phenoxy) is 1. The first-order chi connectivity index (χ1) is 9.93. The van der Waals surface area contributed by atoms with Crippen molar-refractivity contribution in [2.24, 2.45) is 0 Å². The minimum Gasteiger partial charge on any atom is -0.384 e. The van der Waals surface area contributed by atoms with E-state index in [2.05, 4.69) is 11.8 Å². The average molecular weight is 291 g/mol. The van der Waals surface area contributed by atoms with E-state index in [4.69, 9.17) is 9.84 Å². The lowest BCUT2D eigenvalue weighted by Crippen LogP contribution is -2.50. The van der Waals surface area contributed by atoms with E-state index in [1.165, 1.54) is 18.2 Å². The van der Waals surface area contributed by atoms with Crippen LogP contribution in [0.1, 0.15) is 29.8 Å². The maximum absolute atomic E-state index is 13.3. The molecular formula is C16H18FNO3. The highest BCUT2D eigenvalue weighted by molar-refractivity contribution is 5.96. The molecule has 112 valence electrons. The van der Waals surface area contributed by atoms with Crippen LogP contribution in [0.5, 0.6) is 0 Å². The zero-order chi connectivity index (χ0) is 15.5. The van der Waals surface area contributed by atoms with E-state index in [1.807, 2.05) is 13.8 Å². The molecule has 1 aromatic rings. The highest BCUT2D eigenvalue weighted by atomic mass is 19.1. The molecule has 0 spiro atoms. The monoisotopic (exact) mass is 291 g/mol. The van der Waals surface area contributed by atoms with Crippen molar-refractivity contribution in [2.45, 2.75) is 19.4 Å². The average Bonchev–Trinajstić information content (AvgIpc) is 2.43. The predicted molar refractivity (Wildman–Crippen MR) is 76.3 cm³/mol. The highest BCUT2D eigenvalue weighted by Gasteiger charge is 2.31. The highest BCUT2D eigenvalue weighted by Crippen LogP contribution is 2.20. The summed E-state index contributed by atoms with van der Waals surface area (Å²) in [6.07, 6.45) is 0. The Kier molecular flexibility index (Phi) is 4.61. The van der Waals surface area contributed by atoms with Crippen molar-refractivity contribution in [3.05, 3.63) is 35.1 Å². The topological polar surface area (TPSA) is 49.8 Å². The van der Waals surface area contributed by atoms with E-state index in [9.17, 15) is 9.18 Å². The van der Waals surface area contributed by atoms with Crippen molar-refractivity contribution in [3.8, 4) is 11.8 Å². The van der Waals surface area contributed by atoms with Crippen LogP contribution >= 0.6 is 0 Å². The first-order valence-corrected chi connectivity index (χ1v) is 6.75. The second-order valence-corrected chi connectivity index (χ2v) is 5.48. The fraction of sp³-hybridized carbons (Fsp3) is 0.438. The molecule has 1 aliphatic rings. The quantitative estimate of drug-likeness (QED) is 0.796. The Bertz CT molecular complexity index is 601. The van der Waals surface area contributed by atoms with Crippen LogP contribution in [0, 0.1) is 17.7 Å². The Morgan fingerprint density at radius 3 is 2.95 bits per heavy atom. The van der Waals surface area contributed by atoms with Gasteiger partial charge in [-0.2, -0.15) is 0 Å². The predicted octanol–water partition coefficient (Wildman–Crippen LogP) is 1.42. The second-order valence-electron chi connectivity index (χ2n) is 5.48. The molecule has 0 saturated carbocycles. The van der Waals surface area contributed by atoms with Crippen LogP contribution in [0.2, 0.25) is 0 Å². The molecule has 5 heteroatoms. The largest absolute Gasteiger partial charge is 0.384 e. The van der Waals surface area contributed by atoms with Crippen molar-refractivity contribution >= 4 is 5.91 Å². The van der Waals surface area contributed by atoms with Crippen LogP contribution in [0.15, 0.2) is 18.2 Å². The van der Waals surface area contributed by atoms with Gasteiger partial charge in [0.2, 0.25) is 0 Å². The number of hydrogen-bond acceptors (Lipinski definition) is 3. The number of morpholine rings is 1. The Balaban J connectivity index is 2.30. The summed E-state index contributed by atoms with van der Waals surface area (Å²) in [6, 6.07) is 3.88. The minimum absolute atomic E-state index is 0.200. The smallest absolute Gasteiger partial charge is 0.255 e. The second kappa shape index (κ2) is 6.25. The first kappa shape index (κ1) is 15.5. The van der Waals surface area contributed by atoms with Crippen LogP contribution < -0.4 is 0 Å². The van der Waals surface area contributed by atoms with Crippen LogP contribution in [-0.2, 0) is 4.74 Å². The van der Waals surface area contributed by atoms with Gasteiger partial charge in [0.1, 0.15) is 12.4 Å². The summed E-state index contributed by atoms with van der Waals surface area (Å²) in [5.41, 5.74) is 0.235. The van der Waals surface area contributed by atoms with Crippen LogP contribution in [0.4, 0.5) is 4.39 Å². The molecular weight excluding hydrogens is 273 g/mol. The number of hydrogen-bond donors (Lipinski definition) is 1. The van der Waals surface area contributed by atoms with E-state index in [1.54, 1.807) is 4.90 Å². The maximum Gasteiger partial charge on any atom is 0.255 e. The third-order valence-electron chi connectivity index (χ3n) is 3.23. The van der Waals surface area contributed by atoms with E-state index in [-0.39, 0.29) is 12.5 Å². The Labute approximate surface area is 123 Å². The van der Waals surface area contributed by atoms with Crippen molar-refractivity contribution in [1.82, 2.24) is 4.90 Å². The molecule has 4 nitrogen and oxygen atoms in total. The van der Waals surface area contributed by atoms with E-state index < -0.39 is 11.4 Å². The van der Waals surface area contributed by atoms with Gasteiger partial charge in [0.05, 0.1) is 17.8 Å². The lowest BCUT2D eigenvalue weighted by molar-refractivity contribution is -0.0764. The van der Waals surface area contributed by atoms with Gasteiger partial charge in [0.15, 0.2) is 0 Å². The zero-order valence-electron chi connectivity index (χ0n) is 12.1. The van der Waals surface area contributed by atoms with Crippen LogP contribution in [-0.4, -0.2) is 47.8 Å². The third kappa shape index (κ3) is 3.81. The molecule has 1 fully saturated rings. The molecule has 1 heterocycles. The molecule has 2 rings (SSSR count). The van der Waals surface area contributed by atoms with Crippen LogP contribution in [0.3, 0.4) is 0 Å². The summed E-state index contributed by atoms with van der Waals surface area (Å²) >= 11 is 0. The minimum atomic E-state index is -0.462. The molecule has 0 atom stereocenters. The number of aliphatic hydroxyl groups excluding tert-OH is 1. The van der Waals surface area contributed by atoms with Gasteiger partial charge in [-0.15, -0.1) is 0 Å². The van der Waals surface area contributed by atoms with Gasteiger partial charge in [-0.25, -0.2) is 4.39 Å². The van der Waals surface area contributed by atoms with E-state index in [0.717, 1.165) is 0 Å². The molecule has 1 N–H and O–H groups in total. The molecule has 0 radical (unpaired) electrons. The molecule has 1 aromatic carbocycles. The first-order valence-electron chi connectivity index (χ1n) is 6.75. The van der Waals surface area contributed by atoms with Gasteiger partial charge in [-0.3, -0.25) is 4.79 Å². The number of carbonyl (C=O) groups is 1. The van der Waals surface area contributed by atoms with Gasteiger partial charge >= 0.3 is 0 Å². The summed E-state index contributed by atoms with van der Waals surface area (Å²) in [5, 5.41) is 8.76. The van der Waals surface area contributed by atoms with Gasteiger partial charge in [-0.1, -0.05) is 11.8 Å². The summed E-state index contributed by atoms with van der Waals surface area (Å²) < 4.78 is 18.9. The maximum atomic E-state index is 13.3. The van der Waals surface area contributed by atoms with E-state index >= 15 is 0 Å². The fourth-order valence-corrected chi connectivity index (χ4v) is 2.30. The number of aliphatic hydroxyl groups is 1. The standard InChI is InChI=1S/C16H18FNO3/c1-16(2)11-18(7-9-21-16)15(20)14-6-5-13(17)10-12(14)4-3-8-19/h5-6,10,19H,7-9,11H2,1-2H3. The zero-order valence-corrected chi connectivity index (χ0v) is 12.1. The van der Waals surface area contributed by atoms with Crippen molar-refractivity contribution < 1.29 is 19.0 Å². The SMILES string of the molecule is CC1(C)CN(C(=O)c2ccc(F)cc2C#CCO)CCO1. The number of carbonyl (C=O) groups excluding carboxylic acids is 1. The van der Waals surface area contributed by atoms with Crippen LogP contribution in [0.25, 0.3) is 0 Å². The van der Waals surface area contributed by atoms with Gasteiger partial charge in [-0.05, 0) is 32.0 Å². The number of benzene rings is 1. The lowest BCUT2D eigenvalue weighted by Gasteiger charge is -2.38. The molecule has 1 amide bonds. The number of amides is 1. The number of halogens is 1. The number of rotatable bonds is 1. The summed E-state index contributed by atoms with van der Waals surface area (Å²) in [5.74, 6) is 4.41. The molecule has 0 bridgehead atoms. The molecule has 1 aliphatic heterocycles. The van der Waals surface area contributed by atoms with Gasteiger partial charge < -0.3 is 14.7 Å². The lowest BCUT2D eigenvalue weighted by atomic mass is 10.0. The van der Waals surface area contributed by atoms with Crippen molar-refractivity contribution in [2.75, 3.05) is 26.3 Å². The molecule has 0 unspecified atom stereocenters. The Morgan fingerprint density at radius 1 is 1.52 bits per heavy atom. The molecule has 1 saturated heterocycles.